The maximum atomic E-state index is 12.7. The number of hydrogen-bond donors (Lipinski definition) is 1. The molecule has 0 unspecified atom stereocenters. The van der Waals surface area contributed by atoms with Gasteiger partial charge in [-0.3, -0.25) is 4.79 Å². The molecule has 180 valence electrons. The molecule has 3 aromatic rings. The molecule has 7 nitrogen and oxygen atoms in total. The Hall–Kier alpha value is -2.27. The number of carbonyl (C=O) groups is 1. The monoisotopic (exact) mass is 516 g/mol. The van der Waals surface area contributed by atoms with Crippen LogP contribution in [0, 0.1) is 5.92 Å². The van der Waals surface area contributed by atoms with Crippen LogP contribution in [0.15, 0.2) is 65.0 Å². The zero-order chi connectivity index (χ0) is 23.8. The number of rotatable bonds is 10. The van der Waals surface area contributed by atoms with E-state index in [0.717, 1.165) is 22.1 Å². The third kappa shape index (κ3) is 7.11. The number of thioether (sulfide) groups is 1. The summed E-state index contributed by atoms with van der Waals surface area (Å²) in [4.78, 5) is 12.7. The number of aromatic nitrogens is 2. The molecule has 1 amide bonds. The second-order valence-corrected chi connectivity index (χ2v) is 12.5. The Kier molecular flexibility index (Phi) is 8.71. The van der Waals surface area contributed by atoms with Gasteiger partial charge >= 0.3 is 0 Å². The van der Waals surface area contributed by atoms with Crippen molar-refractivity contribution in [3.05, 3.63) is 71.8 Å². The number of amides is 1. The predicted octanol–water partition coefficient (Wildman–Crippen LogP) is 4.44. The van der Waals surface area contributed by atoms with Crippen LogP contribution in [0.2, 0.25) is 0 Å². The van der Waals surface area contributed by atoms with Crippen LogP contribution < -0.4 is 5.32 Å². The van der Waals surface area contributed by atoms with Gasteiger partial charge in [-0.25, -0.2) is 12.7 Å². The normalized spacial score (nSPS) is 15.3. The summed E-state index contributed by atoms with van der Waals surface area (Å²) in [6.45, 7) is 0.750. The molecule has 1 aliphatic rings. The first-order valence-electron chi connectivity index (χ1n) is 11.3. The van der Waals surface area contributed by atoms with E-state index in [2.05, 4.69) is 27.6 Å². The highest BCUT2D eigenvalue weighted by Crippen LogP contribution is 2.29. The summed E-state index contributed by atoms with van der Waals surface area (Å²) in [5.74, 6) is 0.589. The average molecular weight is 517 g/mol. The minimum atomic E-state index is -3.31. The molecule has 0 aliphatic carbocycles. The number of nitrogens with zero attached hydrogens (tertiary/aromatic N) is 3. The van der Waals surface area contributed by atoms with Crippen LogP contribution in [0.3, 0.4) is 0 Å². The van der Waals surface area contributed by atoms with Crippen LogP contribution in [-0.4, -0.2) is 47.7 Å². The van der Waals surface area contributed by atoms with E-state index < -0.39 is 10.0 Å². The zero-order valence-electron chi connectivity index (χ0n) is 18.8. The van der Waals surface area contributed by atoms with Crippen LogP contribution in [0.4, 0.5) is 5.13 Å². The molecule has 1 aromatic heterocycles. The molecule has 10 heteroatoms. The largest absolute Gasteiger partial charge is 0.300 e. The molecule has 2 aromatic carbocycles. The zero-order valence-corrected chi connectivity index (χ0v) is 21.2. The second-order valence-electron chi connectivity index (χ2n) is 8.22. The van der Waals surface area contributed by atoms with Crippen molar-refractivity contribution in [2.45, 2.75) is 35.8 Å². The molecule has 0 saturated carbocycles. The summed E-state index contributed by atoms with van der Waals surface area (Å²) in [6.07, 6.45) is 2.36. The fraction of sp³-hybridized carbons (Fsp3) is 0.375. The lowest BCUT2D eigenvalue weighted by Crippen LogP contribution is -2.42. The summed E-state index contributed by atoms with van der Waals surface area (Å²) in [5, 5.41) is 11.6. The van der Waals surface area contributed by atoms with E-state index in [9.17, 15) is 13.2 Å². The van der Waals surface area contributed by atoms with E-state index in [1.54, 1.807) is 11.8 Å². The molecule has 0 atom stereocenters. The van der Waals surface area contributed by atoms with Crippen molar-refractivity contribution in [3.63, 3.8) is 0 Å². The van der Waals surface area contributed by atoms with Crippen LogP contribution in [0.25, 0.3) is 0 Å². The molecule has 1 saturated heterocycles. The Morgan fingerprint density at radius 1 is 1.00 bits per heavy atom. The first kappa shape index (κ1) is 24.8. The van der Waals surface area contributed by atoms with E-state index >= 15 is 0 Å². The summed E-state index contributed by atoms with van der Waals surface area (Å²) in [7, 11) is -3.31. The van der Waals surface area contributed by atoms with Gasteiger partial charge in [-0.05, 0) is 36.8 Å². The van der Waals surface area contributed by atoms with Crippen LogP contribution in [0.5, 0.6) is 0 Å². The van der Waals surface area contributed by atoms with Crippen molar-refractivity contribution in [3.8, 4) is 0 Å². The summed E-state index contributed by atoms with van der Waals surface area (Å²) in [6, 6.07) is 20.0. The SMILES string of the molecule is O=C(Nc1nnc(SCc2ccccc2)s1)C1CCN(S(=O)(=O)CCCc2ccccc2)CC1. The van der Waals surface area contributed by atoms with Crippen molar-refractivity contribution in [1.82, 2.24) is 14.5 Å². The molecule has 0 bridgehead atoms. The highest BCUT2D eigenvalue weighted by Gasteiger charge is 2.31. The number of aryl methyl sites for hydroxylation is 1. The lowest BCUT2D eigenvalue weighted by atomic mass is 9.97. The van der Waals surface area contributed by atoms with Crippen molar-refractivity contribution < 1.29 is 13.2 Å². The number of anilines is 1. The lowest BCUT2D eigenvalue weighted by Gasteiger charge is -2.30. The number of nitrogens with one attached hydrogen (secondary N) is 1. The van der Waals surface area contributed by atoms with E-state index in [1.807, 2.05) is 48.5 Å². The van der Waals surface area contributed by atoms with E-state index in [0.29, 0.717) is 37.5 Å². The van der Waals surface area contributed by atoms with Crippen LogP contribution in [-0.2, 0) is 27.0 Å². The minimum absolute atomic E-state index is 0.114. The Bertz CT molecular complexity index is 1160. The van der Waals surface area contributed by atoms with Crippen molar-refractivity contribution in [1.29, 1.82) is 0 Å². The molecule has 1 aliphatic heterocycles. The molecule has 0 radical (unpaired) electrons. The van der Waals surface area contributed by atoms with Gasteiger partial charge in [-0.1, -0.05) is 83.8 Å². The third-order valence-electron chi connectivity index (χ3n) is 5.77. The average Bonchev–Trinajstić information content (AvgIpc) is 3.31. The molecule has 0 spiro atoms. The molecule has 2 heterocycles. The Morgan fingerprint density at radius 2 is 1.65 bits per heavy atom. The molecule has 34 heavy (non-hydrogen) atoms. The highest BCUT2D eigenvalue weighted by molar-refractivity contribution is 8.00. The molecule has 4 rings (SSSR count). The number of benzene rings is 2. The van der Waals surface area contributed by atoms with Crippen molar-refractivity contribution in [2.24, 2.45) is 5.92 Å². The van der Waals surface area contributed by atoms with E-state index in [4.69, 9.17) is 0 Å². The van der Waals surface area contributed by atoms with Crippen molar-refractivity contribution >= 4 is 44.2 Å². The number of sulfonamides is 1. The number of piperidine rings is 1. The van der Waals surface area contributed by atoms with Crippen LogP contribution >= 0.6 is 23.1 Å². The van der Waals surface area contributed by atoms with Gasteiger partial charge in [0.25, 0.3) is 0 Å². The van der Waals surface area contributed by atoms with Gasteiger partial charge in [-0.2, -0.15) is 0 Å². The summed E-state index contributed by atoms with van der Waals surface area (Å²) in [5.41, 5.74) is 2.35. The third-order valence-corrected chi connectivity index (χ3v) is 9.77. The Labute approximate surface area is 209 Å². The van der Waals surface area contributed by atoms with E-state index in [1.165, 1.54) is 21.2 Å². The van der Waals surface area contributed by atoms with Gasteiger partial charge in [0, 0.05) is 24.8 Å². The van der Waals surface area contributed by atoms with Gasteiger partial charge in [-0.15, -0.1) is 10.2 Å². The van der Waals surface area contributed by atoms with E-state index in [-0.39, 0.29) is 17.6 Å². The molecule has 1 fully saturated rings. The number of carbonyl (C=O) groups excluding carboxylic acids is 1. The van der Waals surface area contributed by atoms with Crippen molar-refractivity contribution in [2.75, 3.05) is 24.2 Å². The number of hydrogen-bond acceptors (Lipinski definition) is 7. The fourth-order valence-corrected chi connectivity index (χ4v) is 7.12. The summed E-state index contributed by atoms with van der Waals surface area (Å²) >= 11 is 2.94. The minimum Gasteiger partial charge on any atom is -0.300 e. The van der Waals surface area contributed by atoms with Gasteiger partial charge < -0.3 is 5.32 Å². The van der Waals surface area contributed by atoms with Gasteiger partial charge in [0.15, 0.2) is 4.34 Å². The molecule has 1 N–H and O–H groups in total. The maximum Gasteiger partial charge on any atom is 0.229 e. The smallest absolute Gasteiger partial charge is 0.229 e. The quantitative estimate of drug-likeness (QED) is 0.316. The predicted molar refractivity (Wildman–Crippen MR) is 137 cm³/mol. The van der Waals surface area contributed by atoms with Gasteiger partial charge in [0.2, 0.25) is 21.1 Å². The summed E-state index contributed by atoms with van der Waals surface area (Å²) < 4.78 is 27.8. The standard InChI is InChI=1S/C24H28N4O3S3/c29-22(25-23-26-27-24(33-23)32-18-20-10-5-2-6-11-20)21-13-15-28(16-14-21)34(30,31)17-7-12-19-8-3-1-4-9-19/h1-6,8-11,21H,7,12-18H2,(H,25,26,29). The second kappa shape index (κ2) is 11.9. The lowest BCUT2D eigenvalue weighted by molar-refractivity contribution is -0.120. The Morgan fingerprint density at radius 3 is 2.32 bits per heavy atom. The van der Waals surface area contributed by atoms with Crippen LogP contribution in [0.1, 0.15) is 30.4 Å². The van der Waals surface area contributed by atoms with Gasteiger partial charge in [0.05, 0.1) is 5.75 Å². The maximum absolute atomic E-state index is 12.7. The Balaban J connectivity index is 1.20. The first-order valence-corrected chi connectivity index (χ1v) is 14.7. The first-order chi connectivity index (χ1) is 16.5. The van der Waals surface area contributed by atoms with Gasteiger partial charge in [0.1, 0.15) is 0 Å². The topological polar surface area (TPSA) is 92.3 Å². The molecular formula is C24H28N4O3S3. The fourth-order valence-electron chi connectivity index (χ4n) is 3.87. The molecular weight excluding hydrogens is 488 g/mol. The highest BCUT2D eigenvalue weighted by atomic mass is 32.2.